The number of hydrazone groups is 1. The maximum Gasteiger partial charge on any atom is 0.261 e. The van der Waals surface area contributed by atoms with E-state index in [2.05, 4.69) is 42.3 Å². The predicted molar refractivity (Wildman–Crippen MR) is 131 cm³/mol. The van der Waals surface area contributed by atoms with Crippen LogP contribution in [0.4, 0.5) is 8.78 Å². The average molecular weight is 509 g/mol. The predicted octanol–water partition coefficient (Wildman–Crippen LogP) is 2.28. The van der Waals surface area contributed by atoms with E-state index in [9.17, 15) is 18.8 Å². The Morgan fingerprint density at radius 3 is 2.69 bits per heavy atom. The molecule has 1 N–H and O–H groups in total. The minimum Gasteiger partial charge on any atom is -0.368 e. The molecule has 36 heavy (non-hydrogen) atoms. The number of nitrogens with zero attached hydrogens (tertiary/aromatic N) is 5. The monoisotopic (exact) mass is 508 g/mol. The van der Waals surface area contributed by atoms with E-state index in [1.54, 1.807) is 11.2 Å². The van der Waals surface area contributed by atoms with E-state index in [0.29, 0.717) is 13.0 Å². The number of aliphatic imine (C=N–C) groups is 1. The number of alkyl halides is 2. The van der Waals surface area contributed by atoms with Crippen molar-refractivity contribution in [3.05, 3.63) is 0 Å². The fourth-order valence-electron chi connectivity index (χ4n) is 6.36. The highest BCUT2D eigenvalue weighted by Gasteiger charge is 2.60. The highest BCUT2D eigenvalue weighted by molar-refractivity contribution is 5.88. The van der Waals surface area contributed by atoms with Crippen LogP contribution in [-0.4, -0.2) is 96.5 Å². The summed E-state index contributed by atoms with van der Waals surface area (Å²) in [6, 6.07) is 1.98. The van der Waals surface area contributed by atoms with Crippen LogP contribution in [-0.2, 0) is 14.3 Å². The second kappa shape index (κ2) is 9.95. The molecule has 2 saturated heterocycles. The van der Waals surface area contributed by atoms with Gasteiger partial charge in [-0.1, -0.05) is 6.92 Å². The number of likely N-dealkylation sites (tertiary alicyclic amines) is 1. The van der Waals surface area contributed by atoms with Crippen molar-refractivity contribution in [2.45, 2.75) is 95.4 Å². The van der Waals surface area contributed by atoms with Gasteiger partial charge in [-0.25, -0.2) is 8.78 Å². The zero-order valence-electron chi connectivity index (χ0n) is 21.9. The summed E-state index contributed by atoms with van der Waals surface area (Å²) in [6.07, 6.45) is 1.21. The van der Waals surface area contributed by atoms with Crippen LogP contribution < -0.4 is 5.32 Å². The van der Waals surface area contributed by atoms with Gasteiger partial charge in [0.05, 0.1) is 30.1 Å². The number of methoxy groups -OCH3 is 1. The fourth-order valence-corrected chi connectivity index (χ4v) is 6.36. The van der Waals surface area contributed by atoms with E-state index in [4.69, 9.17) is 9.47 Å². The Kier molecular flexibility index (Phi) is 7.43. The first-order valence-electron chi connectivity index (χ1n) is 12.7. The van der Waals surface area contributed by atoms with Crippen LogP contribution in [0.25, 0.3) is 0 Å². The number of hydrogen-bond acceptors (Lipinski definition) is 8. The van der Waals surface area contributed by atoms with Crippen LogP contribution in [0.3, 0.4) is 0 Å². The lowest BCUT2D eigenvalue weighted by molar-refractivity contribution is -0.136. The van der Waals surface area contributed by atoms with Gasteiger partial charge in [0.25, 0.3) is 6.43 Å². The Bertz CT molecular complexity index is 935. The first-order valence-corrected chi connectivity index (χ1v) is 12.7. The van der Waals surface area contributed by atoms with Crippen molar-refractivity contribution in [1.29, 1.82) is 5.26 Å². The minimum absolute atomic E-state index is 0.0256. The molecule has 0 aromatic carbocycles. The number of nitriles is 1. The van der Waals surface area contributed by atoms with Gasteiger partial charge in [-0.05, 0) is 46.5 Å². The summed E-state index contributed by atoms with van der Waals surface area (Å²) in [5, 5.41) is 19.5. The van der Waals surface area contributed by atoms with Crippen LogP contribution in [0.2, 0.25) is 0 Å². The zero-order valence-corrected chi connectivity index (χ0v) is 21.9. The molecule has 0 spiro atoms. The third kappa shape index (κ3) is 4.75. The third-order valence-corrected chi connectivity index (χ3v) is 8.33. The first-order chi connectivity index (χ1) is 16.9. The minimum atomic E-state index is -2.55. The molecule has 200 valence electrons. The maximum absolute atomic E-state index is 13.8. The second-order valence-corrected chi connectivity index (χ2v) is 11.5. The number of piperidine rings is 1. The number of rotatable bonds is 7. The molecule has 4 heterocycles. The van der Waals surface area contributed by atoms with Gasteiger partial charge in [-0.3, -0.25) is 14.8 Å². The van der Waals surface area contributed by atoms with Crippen LogP contribution in [0.1, 0.15) is 47.5 Å². The van der Waals surface area contributed by atoms with Crippen molar-refractivity contribution in [3.63, 3.8) is 0 Å². The van der Waals surface area contributed by atoms with Gasteiger partial charge in [0.1, 0.15) is 18.2 Å². The van der Waals surface area contributed by atoms with Gasteiger partial charge < -0.3 is 19.7 Å². The van der Waals surface area contributed by atoms with E-state index in [-0.39, 0.29) is 41.8 Å². The summed E-state index contributed by atoms with van der Waals surface area (Å²) >= 11 is 0. The summed E-state index contributed by atoms with van der Waals surface area (Å²) in [6.45, 7) is 9.72. The van der Waals surface area contributed by atoms with Crippen LogP contribution in [0.5, 0.6) is 0 Å². The average Bonchev–Trinajstić information content (AvgIpc) is 3.38. The summed E-state index contributed by atoms with van der Waals surface area (Å²) < 4.78 is 36.4. The molecule has 0 aromatic heterocycles. The second-order valence-electron chi connectivity index (χ2n) is 11.5. The third-order valence-electron chi connectivity index (χ3n) is 8.33. The Hall–Kier alpha value is -2.16. The van der Waals surface area contributed by atoms with Crippen molar-refractivity contribution in [2.75, 3.05) is 20.3 Å². The van der Waals surface area contributed by atoms with Crippen molar-refractivity contribution in [2.24, 2.45) is 27.8 Å². The van der Waals surface area contributed by atoms with Gasteiger partial charge in [-0.2, -0.15) is 10.4 Å². The lowest BCUT2D eigenvalue weighted by Gasteiger charge is -2.46. The summed E-state index contributed by atoms with van der Waals surface area (Å²) in [5.41, 5.74) is -1.25. The number of amides is 1. The molecule has 9 nitrogen and oxygen atoms in total. The molecular formula is C25H38F2N6O3. The van der Waals surface area contributed by atoms with E-state index < -0.39 is 36.4 Å². The number of fused-ring (bicyclic) bond motifs is 1. The van der Waals surface area contributed by atoms with E-state index in [1.807, 2.05) is 25.0 Å². The van der Waals surface area contributed by atoms with Gasteiger partial charge in [0.15, 0.2) is 6.23 Å². The standard InChI is InChI=1S/C25H38F2N6O3/c1-14-7-17(15-8-18(36-12-19(26)27)22(35-6)29-9-15)31-21-20(14)23(34)33(25(21,4)5)16-10-30-32(11-16)24(2,3)13-28/h9-10,14-22,31H,7-8,11-12H2,1-6H3. The topological polar surface area (TPSA) is 103 Å². The molecule has 0 aromatic rings. The zero-order chi connectivity index (χ0) is 26.4. The normalized spacial score (nSPS) is 38.1. The number of ether oxygens (including phenoxy) is 2. The van der Waals surface area contributed by atoms with Crippen LogP contribution in [0, 0.1) is 29.1 Å². The van der Waals surface area contributed by atoms with Gasteiger partial charge in [-0.15, -0.1) is 0 Å². The largest absolute Gasteiger partial charge is 0.368 e. The maximum atomic E-state index is 13.8. The van der Waals surface area contributed by atoms with E-state index >= 15 is 0 Å². The SMILES string of the molecule is COC1N=CC(C2CC(C)C3C(=O)N(C4C=NN(C(C)(C)C#N)C4)C(C)(C)C3N2)CC1OCC(F)F. The van der Waals surface area contributed by atoms with E-state index in [1.165, 1.54) is 7.11 Å². The molecule has 0 saturated carbocycles. The number of carbonyl (C=O) groups excluding carboxylic acids is 1. The number of carbonyl (C=O) groups is 1. The molecule has 4 aliphatic rings. The van der Waals surface area contributed by atoms with Gasteiger partial charge >= 0.3 is 0 Å². The van der Waals surface area contributed by atoms with Crippen LogP contribution >= 0.6 is 0 Å². The first kappa shape index (κ1) is 26.9. The van der Waals surface area contributed by atoms with Crippen molar-refractivity contribution in [3.8, 4) is 6.07 Å². The fraction of sp³-hybridized carbons (Fsp3) is 0.840. The Labute approximate surface area is 211 Å². The molecular weight excluding hydrogens is 470 g/mol. The molecule has 4 rings (SSSR count). The lowest BCUT2D eigenvalue weighted by Crippen LogP contribution is -2.62. The molecule has 8 atom stereocenters. The highest BCUT2D eigenvalue weighted by atomic mass is 19.3. The molecule has 2 fully saturated rings. The van der Waals surface area contributed by atoms with Crippen molar-refractivity contribution >= 4 is 18.3 Å². The molecule has 1 amide bonds. The molecule has 8 unspecified atom stereocenters. The number of hydrogen-bond donors (Lipinski definition) is 1. The van der Waals surface area contributed by atoms with Gasteiger partial charge in [0.2, 0.25) is 5.91 Å². The summed E-state index contributed by atoms with van der Waals surface area (Å²) in [5.74, 6) is 0.0200. The quantitative estimate of drug-likeness (QED) is 0.566. The highest BCUT2D eigenvalue weighted by Crippen LogP contribution is 2.45. The Morgan fingerprint density at radius 1 is 1.33 bits per heavy atom. The summed E-state index contributed by atoms with van der Waals surface area (Å²) in [4.78, 5) is 20.2. The number of halogens is 2. The van der Waals surface area contributed by atoms with E-state index in [0.717, 1.165) is 6.42 Å². The van der Waals surface area contributed by atoms with Crippen molar-refractivity contribution in [1.82, 2.24) is 15.2 Å². The number of nitrogens with one attached hydrogen (secondary N) is 1. The smallest absolute Gasteiger partial charge is 0.261 e. The Morgan fingerprint density at radius 2 is 2.06 bits per heavy atom. The molecule has 0 radical (unpaired) electrons. The summed E-state index contributed by atoms with van der Waals surface area (Å²) in [7, 11) is 1.50. The van der Waals surface area contributed by atoms with Crippen LogP contribution in [0.15, 0.2) is 10.1 Å². The van der Waals surface area contributed by atoms with Crippen molar-refractivity contribution < 1.29 is 23.0 Å². The molecule has 4 aliphatic heterocycles. The van der Waals surface area contributed by atoms with Gasteiger partial charge in [0, 0.05) is 37.5 Å². The lowest BCUT2D eigenvalue weighted by atomic mass is 9.72. The molecule has 0 aliphatic carbocycles. The molecule has 11 heteroatoms. The Balaban J connectivity index is 1.50. The molecule has 0 bridgehead atoms.